The highest BCUT2D eigenvalue weighted by Gasteiger charge is 2.11. The van der Waals surface area contributed by atoms with Crippen LogP contribution >= 0.6 is 0 Å². The molecule has 0 bridgehead atoms. The number of nitrogens with zero attached hydrogens (tertiary/aromatic N) is 4. The van der Waals surface area contributed by atoms with Crippen LogP contribution in [0.2, 0.25) is 0 Å². The van der Waals surface area contributed by atoms with Crippen molar-refractivity contribution >= 4 is 16.9 Å². The van der Waals surface area contributed by atoms with Gasteiger partial charge < -0.3 is 9.88 Å². The molecular weight excluding hydrogens is 326 g/mol. The molecule has 1 aromatic carbocycles. The number of aromatic nitrogens is 4. The van der Waals surface area contributed by atoms with Gasteiger partial charge in [0.15, 0.2) is 0 Å². The zero-order chi connectivity index (χ0) is 18.7. The number of nitrogens with one attached hydrogen (secondary N) is 1. The van der Waals surface area contributed by atoms with Crippen molar-refractivity contribution in [3.8, 4) is 0 Å². The molecule has 0 aliphatic rings. The second kappa shape index (κ2) is 7.72. The first-order valence-corrected chi connectivity index (χ1v) is 9.13. The molecule has 1 atom stereocenters. The molecule has 0 spiro atoms. The number of fused-ring (bicyclic) bond motifs is 1. The van der Waals surface area contributed by atoms with E-state index in [1.165, 1.54) is 0 Å². The van der Waals surface area contributed by atoms with Gasteiger partial charge in [-0.3, -0.25) is 9.48 Å². The Labute approximate surface area is 154 Å². The van der Waals surface area contributed by atoms with Crippen molar-refractivity contribution in [1.29, 1.82) is 0 Å². The topological polar surface area (TPSA) is 64.7 Å². The summed E-state index contributed by atoms with van der Waals surface area (Å²) < 4.78 is 4.11. The Hall–Kier alpha value is -2.63. The fourth-order valence-electron chi connectivity index (χ4n) is 3.29. The quantitative estimate of drug-likeness (QED) is 0.710. The molecule has 26 heavy (non-hydrogen) atoms. The normalized spacial score (nSPS) is 12.5. The van der Waals surface area contributed by atoms with E-state index in [4.69, 9.17) is 0 Å². The number of imidazole rings is 1. The van der Waals surface area contributed by atoms with E-state index in [-0.39, 0.29) is 5.91 Å². The van der Waals surface area contributed by atoms with Gasteiger partial charge in [0.2, 0.25) is 5.91 Å². The highest BCUT2D eigenvalue weighted by molar-refractivity contribution is 5.77. The Balaban J connectivity index is 1.49. The van der Waals surface area contributed by atoms with Crippen molar-refractivity contribution < 1.29 is 4.79 Å². The van der Waals surface area contributed by atoms with E-state index >= 15 is 0 Å². The van der Waals surface area contributed by atoms with Crippen LogP contribution in [0, 0.1) is 26.7 Å². The maximum atomic E-state index is 12.2. The smallest absolute Gasteiger partial charge is 0.221 e. The molecule has 0 saturated carbocycles. The lowest BCUT2D eigenvalue weighted by Crippen LogP contribution is -2.31. The molecule has 0 aliphatic heterocycles. The third-order valence-electron chi connectivity index (χ3n) is 4.64. The van der Waals surface area contributed by atoms with Gasteiger partial charge in [0, 0.05) is 31.7 Å². The maximum absolute atomic E-state index is 12.2. The summed E-state index contributed by atoms with van der Waals surface area (Å²) >= 11 is 0. The molecule has 0 fully saturated rings. The Kier molecular flexibility index (Phi) is 5.40. The molecule has 1 N–H and O–H groups in total. The number of carbonyl (C=O) groups excluding carboxylic acids is 1. The molecule has 6 heteroatoms. The first-order chi connectivity index (χ1) is 12.4. The third-order valence-corrected chi connectivity index (χ3v) is 4.64. The molecule has 6 nitrogen and oxygen atoms in total. The molecule has 3 aromatic rings. The molecule has 2 heterocycles. The zero-order valence-electron chi connectivity index (χ0n) is 16.0. The molecule has 3 rings (SSSR count). The first-order valence-electron chi connectivity index (χ1n) is 9.13. The second-order valence-corrected chi connectivity index (χ2v) is 7.07. The molecule has 1 amide bonds. The van der Waals surface area contributed by atoms with Crippen molar-refractivity contribution in [2.24, 2.45) is 5.92 Å². The largest absolute Gasteiger partial charge is 0.356 e. The van der Waals surface area contributed by atoms with E-state index in [0.29, 0.717) is 25.4 Å². The van der Waals surface area contributed by atoms with Crippen LogP contribution in [0.15, 0.2) is 30.3 Å². The van der Waals surface area contributed by atoms with E-state index in [2.05, 4.69) is 39.9 Å². The van der Waals surface area contributed by atoms with Crippen LogP contribution in [0.1, 0.15) is 30.6 Å². The Morgan fingerprint density at radius 3 is 2.73 bits per heavy atom. The predicted molar refractivity (Wildman–Crippen MR) is 103 cm³/mol. The Morgan fingerprint density at radius 1 is 1.23 bits per heavy atom. The van der Waals surface area contributed by atoms with Gasteiger partial charge in [0.25, 0.3) is 0 Å². The highest BCUT2D eigenvalue weighted by atomic mass is 16.1. The van der Waals surface area contributed by atoms with Crippen molar-refractivity contribution in [3.05, 3.63) is 47.5 Å². The van der Waals surface area contributed by atoms with Crippen LogP contribution in [0.5, 0.6) is 0 Å². The fraction of sp³-hybridized carbons (Fsp3) is 0.450. The number of hydrogen-bond donors (Lipinski definition) is 1. The molecule has 1 unspecified atom stereocenters. The van der Waals surface area contributed by atoms with Gasteiger partial charge in [0.05, 0.1) is 16.7 Å². The van der Waals surface area contributed by atoms with E-state index in [1.54, 1.807) is 0 Å². The Bertz CT molecular complexity index is 908. The summed E-state index contributed by atoms with van der Waals surface area (Å²) in [4.78, 5) is 16.8. The minimum atomic E-state index is 0.0717. The maximum Gasteiger partial charge on any atom is 0.221 e. The van der Waals surface area contributed by atoms with E-state index in [0.717, 1.165) is 34.8 Å². The predicted octanol–water partition coefficient (Wildman–Crippen LogP) is 3.00. The minimum absolute atomic E-state index is 0.0717. The van der Waals surface area contributed by atoms with Crippen LogP contribution in [-0.2, 0) is 17.9 Å². The van der Waals surface area contributed by atoms with Crippen molar-refractivity contribution in [3.63, 3.8) is 0 Å². The van der Waals surface area contributed by atoms with E-state index in [1.807, 2.05) is 42.8 Å². The molecular formula is C20H27N5O. The monoisotopic (exact) mass is 353 g/mol. The van der Waals surface area contributed by atoms with Gasteiger partial charge in [-0.25, -0.2) is 4.98 Å². The van der Waals surface area contributed by atoms with Crippen molar-refractivity contribution in [1.82, 2.24) is 24.6 Å². The summed E-state index contributed by atoms with van der Waals surface area (Å²) in [6.45, 7) is 10.3. The number of carbonyl (C=O) groups is 1. The fourth-order valence-corrected chi connectivity index (χ4v) is 3.29. The average molecular weight is 353 g/mol. The van der Waals surface area contributed by atoms with Crippen LogP contribution in [0.3, 0.4) is 0 Å². The number of aryl methyl sites for hydroxylation is 4. The summed E-state index contributed by atoms with van der Waals surface area (Å²) in [5.74, 6) is 1.34. The molecule has 0 saturated heterocycles. The van der Waals surface area contributed by atoms with E-state index < -0.39 is 0 Å². The zero-order valence-corrected chi connectivity index (χ0v) is 16.0. The van der Waals surface area contributed by atoms with Crippen LogP contribution in [0.25, 0.3) is 11.0 Å². The number of rotatable bonds is 7. The van der Waals surface area contributed by atoms with Crippen LogP contribution in [0.4, 0.5) is 0 Å². The van der Waals surface area contributed by atoms with Gasteiger partial charge >= 0.3 is 0 Å². The summed E-state index contributed by atoms with van der Waals surface area (Å²) in [7, 11) is 0. The van der Waals surface area contributed by atoms with E-state index in [9.17, 15) is 4.79 Å². The molecule has 0 radical (unpaired) electrons. The third kappa shape index (κ3) is 4.12. The van der Waals surface area contributed by atoms with Gasteiger partial charge in [-0.1, -0.05) is 19.1 Å². The SMILES string of the molecule is Cc1cc(C)n(CC(C)CNC(=O)CCn2c(C)nc3ccccc32)n1. The lowest BCUT2D eigenvalue weighted by atomic mass is 10.2. The van der Waals surface area contributed by atoms with Gasteiger partial charge in [-0.2, -0.15) is 5.10 Å². The minimum Gasteiger partial charge on any atom is -0.356 e. The van der Waals surface area contributed by atoms with Crippen LogP contribution < -0.4 is 5.32 Å². The van der Waals surface area contributed by atoms with Crippen molar-refractivity contribution in [2.45, 2.75) is 47.2 Å². The number of hydrogen-bond acceptors (Lipinski definition) is 3. The second-order valence-electron chi connectivity index (χ2n) is 7.07. The van der Waals surface area contributed by atoms with Crippen LogP contribution in [-0.4, -0.2) is 31.8 Å². The van der Waals surface area contributed by atoms with Gasteiger partial charge in [-0.15, -0.1) is 0 Å². The standard InChI is InChI=1S/C20H27N5O/c1-14(13-25-16(3)11-15(2)23-25)12-21-20(26)9-10-24-17(4)22-18-7-5-6-8-19(18)24/h5-8,11,14H,9-10,12-13H2,1-4H3,(H,21,26). The summed E-state index contributed by atoms with van der Waals surface area (Å²) in [6, 6.07) is 10.1. The molecule has 0 aliphatic carbocycles. The molecule has 138 valence electrons. The Morgan fingerprint density at radius 2 is 2.00 bits per heavy atom. The number of para-hydroxylation sites is 2. The lowest BCUT2D eigenvalue weighted by molar-refractivity contribution is -0.121. The van der Waals surface area contributed by atoms with Gasteiger partial charge in [-0.05, 0) is 44.9 Å². The number of benzene rings is 1. The molecule has 2 aromatic heterocycles. The first kappa shape index (κ1) is 18.2. The number of amides is 1. The summed E-state index contributed by atoms with van der Waals surface area (Å²) in [5.41, 5.74) is 4.24. The average Bonchev–Trinajstić information content (AvgIpc) is 3.09. The highest BCUT2D eigenvalue weighted by Crippen LogP contribution is 2.15. The van der Waals surface area contributed by atoms with Gasteiger partial charge in [0.1, 0.15) is 5.82 Å². The summed E-state index contributed by atoms with van der Waals surface area (Å²) in [6.07, 6.45) is 0.452. The lowest BCUT2D eigenvalue weighted by Gasteiger charge is -2.14. The van der Waals surface area contributed by atoms with Crippen molar-refractivity contribution in [2.75, 3.05) is 6.54 Å². The summed E-state index contributed by atoms with van der Waals surface area (Å²) in [5, 5.41) is 7.52.